The Balaban J connectivity index is 0.00000144. The monoisotopic (exact) mass is 273 g/mol. The van der Waals surface area contributed by atoms with Crippen LogP contribution in [0.25, 0.3) is 10.2 Å². The second-order valence-electron chi connectivity index (χ2n) is 3.14. The number of thioether (sulfide) groups is 1. The number of aromatic nitrogens is 1. The second kappa shape index (κ2) is 6.56. The van der Waals surface area contributed by atoms with Crippen LogP contribution in [0.1, 0.15) is 5.56 Å². The predicted molar refractivity (Wildman–Crippen MR) is 64.4 cm³/mol. The van der Waals surface area contributed by atoms with Gasteiger partial charge in [-0.25, -0.2) is 4.98 Å². The van der Waals surface area contributed by atoms with E-state index in [9.17, 15) is 9.90 Å². The molecule has 0 spiro atoms. The van der Waals surface area contributed by atoms with Crippen LogP contribution in [0, 0.1) is 6.92 Å². The van der Waals surface area contributed by atoms with E-state index in [0.717, 1.165) is 26.2 Å². The van der Waals surface area contributed by atoms with E-state index in [1.165, 1.54) is 17.2 Å². The molecule has 0 unspecified atom stereocenters. The molecule has 6 heteroatoms. The van der Waals surface area contributed by atoms with Gasteiger partial charge in [-0.1, -0.05) is 23.9 Å². The number of thiazole rings is 1. The first kappa shape index (κ1) is 14.7. The van der Waals surface area contributed by atoms with Crippen molar-refractivity contribution in [1.29, 1.82) is 0 Å². The average molecular weight is 273 g/mol. The molecule has 2 rings (SSSR count). The minimum absolute atomic E-state index is 0. The number of para-hydroxylation sites is 1. The maximum Gasteiger partial charge on any atom is 1.00 e. The first-order valence-corrected chi connectivity index (χ1v) is 6.27. The van der Waals surface area contributed by atoms with Crippen LogP contribution in [-0.2, 0) is 4.79 Å². The molecule has 0 N–H and O–H groups in total. The van der Waals surface area contributed by atoms with Gasteiger partial charge in [-0.3, -0.25) is 0 Å². The number of hydrogen-bond acceptors (Lipinski definition) is 5. The molecular formula is C11H8NNaO2S2. The van der Waals surface area contributed by atoms with Gasteiger partial charge in [0, 0.05) is 0 Å². The molecule has 3 nitrogen and oxygen atoms in total. The molecule has 0 aliphatic carbocycles. The van der Waals surface area contributed by atoms with Crippen molar-refractivity contribution in [3.63, 3.8) is 0 Å². The zero-order valence-corrected chi connectivity index (χ0v) is 13.1. The standard InChI is InChI=1S/C11H9NO2S2.Na/c1-7-3-2-4-8-10(7)12-11(16-8)15-6-5-9(13)14;/h2-6H,1H3,(H,13,14);/q;+1/p-1. The average Bonchev–Trinajstić information content (AvgIpc) is 2.61. The second-order valence-corrected chi connectivity index (χ2v) is 5.32. The number of rotatable bonds is 3. The van der Waals surface area contributed by atoms with Gasteiger partial charge in [0.15, 0.2) is 4.34 Å². The third kappa shape index (κ3) is 3.82. The number of fused-ring (bicyclic) bond motifs is 1. The summed E-state index contributed by atoms with van der Waals surface area (Å²) in [6.45, 7) is 2.01. The molecule has 1 aromatic carbocycles. The Kier molecular flexibility index (Phi) is 5.69. The molecule has 0 bridgehead atoms. The van der Waals surface area contributed by atoms with Crippen molar-refractivity contribution in [3.05, 3.63) is 35.2 Å². The number of nitrogens with zero attached hydrogens (tertiary/aromatic N) is 1. The minimum Gasteiger partial charge on any atom is -0.545 e. The summed E-state index contributed by atoms with van der Waals surface area (Å²) in [6, 6.07) is 6.00. The maximum atomic E-state index is 10.2. The number of benzene rings is 1. The molecule has 0 aliphatic heterocycles. The summed E-state index contributed by atoms with van der Waals surface area (Å²) >= 11 is 2.84. The molecule has 0 radical (unpaired) electrons. The summed E-state index contributed by atoms with van der Waals surface area (Å²) in [4.78, 5) is 14.6. The third-order valence-electron chi connectivity index (χ3n) is 1.97. The molecule has 1 aromatic heterocycles. The molecule has 0 saturated carbocycles. The number of carboxylic acids is 1. The van der Waals surface area contributed by atoms with Gasteiger partial charge >= 0.3 is 29.6 Å². The number of carboxylic acid groups (broad SMARTS) is 1. The summed E-state index contributed by atoms with van der Waals surface area (Å²) in [5, 5.41) is 11.7. The summed E-state index contributed by atoms with van der Waals surface area (Å²) in [6.07, 6.45) is 1.00. The van der Waals surface area contributed by atoms with Crippen molar-refractivity contribution in [1.82, 2.24) is 4.98 Å². The molecule has 0 amide bonds. The quantitative estimate of drug-likeness (QED) is 0.407. The van der Waals surface area contributed by atoms with Crippen LogP contribution in [0.2, 0.25) is 0 Å². The van der Waals surface area contributed by atoms with Gasteiger partial charge in [-0.15, -0.1) is 11.3 Å². The van der Waals surface area contributed by atoms with E-state index in [-0.39, 0.29) is 29.6 Å². The van der Waals surface area contributed by atoms with E-state index in [1.807, 2.05) is 25.1 Å². The maximum absolute atomic E-state index is 10.2. The molecular weight excluding hydrogens is 265 g/mol. The van der Waals surface area contributed by atoms with Crippen molar-refractivity contribution < 1.29 is 39.5 Å². The van der Waals surface area contributed by atoms with Crippen LogP contribution in [0.4, 0.5) is 0 Å². The van der Waals surface area contributed by atoms with Crippen LogP contribution in [0.3, 0.4) is 0 Å². The third-order valence-corrected chi connectivity index (χ3v) is 3.89. The number of carbonyl (C=O) groups excluding carboxylic acids is 1. The Morgan fingerprint density at radius 2 is 2.29 bits per heavy atom. The van der Waals surface area contributed by atoms with Crippen LogP contribution >= 0.6 is 23.1 Å². The van der Waals surface area contributed by atoms with Crippen LogP contribution in [0.15, 0.2) is 34.0 Å². The normalized spacial score (nSPS) is 10.6. The summed E-state index contributed by atoms with van der Waals surface area (Å²) < 4.78 is 1.95. The Hall–Kier alpha value is -0.330. The largest absolute Gasteiger partial charge is 1.00 e. The SMILES string of the molecule is Cc1cccc2sc(SC=CC(=O)[O-])nc12.[Na+]. The Labute approximate surface area is 129 Å². The van der Waals surface area contributed by atoms with E-state index in [0.29, 0.717) is 0 Å². The van der Waals surface area contributed by atoms with Gasteiger partial charge in [0.25, 0.3) is 0 Å². The van der Waals surface area contributed by atoms with Crippen molar-refractivity contribution in [2.45, 2.75) is 11.3 Å². The van der Waals surface area contributed by atoms with Gasteiger partial charge in [0.05, 0.1) is 16.2 Å². The number of carbonyl (C=O) groups is 1. The number of aryl methyl sites for hydroxylation is 1. The molecule has 0 atom stereocenters. The van der Waals surface area contributed by atoms with E-state index in [4.69, 9.17) is 0 Å². The topological polar surface area (TPSA) is 53.0 Å². The smallest absolute Gasteiger partial charge is 0.545 e. The molecule has 0 fully saturated rings. The minimum atomic E-state index is -1.19. The van der Waals surface area contributed by atoms with Gasteiger partial charge in [0.1, 0.15) is 0 Å². The van der Waals surface area contributed by atoms with E-state index < -0.39 is 5.97 Å². The predicted octanol–water partition coefficient (Wildman–Crippen LogP) is -1.04. The first-order valence-electron chi connectivity index (χ1n) is 4.57. The van der Waals surface area contributed by atoms with Crippen molar-refractivity contribution in [3.8, 4) is 0 Å². The summed E-state index contributed by atoms with van der Waals surface area (Å²) in [5.74, 6) is -1.19. The molecule has 1 heterocycles. The summed E-state index contributed by atoms with van der Waals surface area (Å²) in [7, 11) is 0. The zero-order chi connectivity index (χ0) is 11.5. The Bertz CT molecular complexity index is 566. The number of hydrogen-bond donors (Lipinski definition) is 0. The van der Waals surface area contributed by atoms with Crippen molar-refractivity contribution in [2.24, 2.45) is 0 Å². The molecule has 0 aliphatic rings. The zero-order valence-electron chi connectivity index (χ0n) is 9.47. The number of aliphatic carboxylic acids is 1. The fourth-order valence-corrected chi connectivity index (χ4v) is 3.11. The fraction of sp³-hybridized carbons (Fsp3) is 0.0909. The van der Waals surface area contributed by atoms with Gasteiger partial charge in [0.2, 0.25) is 0 Å². The first-order chi connectivity index (χ1) is 7.66. The molecule has 82 valence electrons. The van der Waals surface area contributed by atoms with Crippen molar-refractivity contribution >= 4 is 39.3 Å². The van der Waals surface area contributed by atoms with Crippen LogP contribution < -0.4 is 34.7 Å². The van der Waals surface area contributed by atoms with Gasteiger partial charge in [-0.2, -0.15) is 0 Å². The van der Waals surface area contributed by atoms with Gasteiger partial charge in [-0.05, 0) is 30.0 Å². The van der Waals surface area contributed by atoms with Gasteiger partial charge < -0.3 is 9.90 Å². The summed E-state index contributed by atoms with van der Waals surface area (Å²) in [5.41, 5.74) is 2.11. The Morgan fingerprint density at radius 3 is 2.94 bits per heavy atom. The molecule has 17 heavy (non-hydrogen) atoms. The van der Waals surface area contributed by atoms with Crippen LogP contribution in [0.5, 0.6) is 0 Å². The van der Waals surface area contributed by atoms with E-state index >= 15 is 0 Å². The van der Waals surface area contributed by atoms with E-state index in [1.54, 1.807) is 11.3 Å². The Morgan fingerprint density at radius 1 is 1.53 bits per heavy atom. The molecule has 2 aromatic rings. The molecule has 0 saturated heterocycles. The fourth-order valence-electron chi connectivity index (χ4n) is 1.26. The van der Waals surface area contributed by atoms with Crippen molar-refractivity contribution in [2.75, 3.05) is 0 Å². The van der Waals surface area contributed by atoms with Crippen LogP contribution in [-0.4, -0.2) is 11.0 Å². The van der Waals surface area contributed by atoms with E-state index in [2.05, 4.69) is 4.98 Å².